The van der Waals surface area contributed by atoms with Crippen LogP contribution in [0.2, 0.25) is 0 Å². The van der Waals surface area contributed by atoms with Crippen molar-refractivity contribution >= 4 is 11.9 Å². The van der Waals surface area contributed by atoms with Crippen LogP contribution in [0.1, 0.15) is 32.6 Å². The van der Waals surface area contributed by atoms with Crippen LogP contribution < -0.4 is 0 Å². The summed E-state index contributed by atoms with van der Waals surface area (Å²) in [6, 6.07) is 0. The minimum Gasteiger partial charge on any atom is -0.338 e. The first-order chi connectivity index (χ1) is 6.11. The number of nitrogens with zero attached hydrogens (tertiary/aromatic N) is 1. The van der Waals surface area contributed by atoms with Gasteiger partial charge >= 0.3 is 5.97 Å². The SMILES string of the molecule is CC(=O)N(C)OC(=O)C1CCCC1. The van der Waals surface area contributed by atoms with Gasteiger partial charge in [0.2, 0.25) is 0 Å². The Morgan fingerprint density at radius 1 is 1.31 bits per heavy atom. The van der Waals surface area contributed by atoms with Gasteiger partial charge in [0.15, 0.2) is 0 Å². The third-order valence-corrected chi connectivity index (χ3v) is 2.36. The third kappa shape index (κ3) is 2.72. The van der Waals surface area contributed by atoms with E-state index in [2.05, 4.69) is 0 Å². The molecule has 0 unspecified atom stereocenters. The number of carbonyl (C=O) groups excluding carboxylic acids is 2. The maximum absolute atomic E-state index is 11.3. The Hall–Kier alpha value is -1.06. The van der Waals surface area contributed by atoms with Crippen molar-refractivity contribution in [1.29, 1.82) is 0 Å². The first kappa shape index (κ1) is 10.0. The number of hydroxylamine groups is 2. The average molecular weight is 185 g/mol. The van der Waals surface area contributed by atoms with Crippen molar-refractivity contribution in [3.05, 3.63) is 0 Å². The summed E-state index contributed by atoms with van der Waals surface area (Å²) < 4.78 is 0. The summed E-state index contributed by atoms with van der Waals surface area (Å²) in [5.74, 6) is -0.525. The topological polar surface area (TPSA) is 46.6 Å². The summed E-state index contributed by atoms with van der Waals surface area (Å²) in [4.78, 5) is 26.9. The lowest BCUT2D eigenvalue weighted by molar-refractivity contribution is -0.195. The number of hydrogen-bond donors (Lipinski definition) is 0. The average Bonchev–Trinajstić information content (AvgIpc) is 2.55. The summed E-state index contributed by atoms with van der Waals surface area (Å²) in [6.07, 6.45) is 3.96. The van der Waals surface area contributed by atoms with Crippen molar-refractivity contribution in [2.75, 3.05) is 7.05 Å². The standard InChI is InChI=1S/C9H15NO3/c1-7(11)10(2)13-9(12)8-5-3-4-6-8/h8H,3-6H2,1-2H3. The fraction of sp³-hybridized carbons (Fsp3) is 0.778. The molecule has 0 spiro atoms. The van der Waals surface area contributed by atoms with E-state index < -0.39 is 0 Å². The quantitative estimate of drug-likeness (QED) is 0.575. The van der Waals surface area contributed by atoms with Crippen LogP contribution in [0.3, 0.4) is 0 Å². The van der Waals surface area contributed by atoms with Crippen molar-refractivity contribution in [1.82, 2.24) is 5.06 Å². The molecule has 4 nitrogen and oxygen atoms in total. The van der Waals surface area contributed by atoms with Crippen LogP contribution in [-0.4, -0.2) is 24.0 Å². The highest BCUT2D eigenvalue weighted by atomic mass is 16.7. The van der Waals surface area contributed by atoms with Crippen LogP contribution in [0, 0.1) is 5.92 Å². The molecule has 74 valence electrons. The molecule has 0 heterocycles. The molecular formula is C9H15NO3. The summed E-state index contributed by atoms with van der Waals surface area (Å²) >= 11 is 0. The van der Waals surface area contributed by atoms with E-state index in [1.54, 1.807) is 0 Å². The molecule has 0 saturated heterocycles. The van der Waals surface area contributed by atoms with Crippen LogP contribution in [0.5, 0.6) is 0 Å². The van der Waals surface area contributed by atoms with Gasteiger partial charge in [-0.05, 0) is 12.8 Å². The predicted octanol–water partition coefficient (Wildman–Crippen LogP) is 1.11. The maximum atomic E-state index is 11.3. The van der Waals surface area contributed by atoms with Crippen LogP contribution >= 0.6 is 0 Å². The van der Waals surface area contributed by atoms with Gasteiger partial charge in [-0.15, -0.1) is 0 Å². The van der Waals surface area contributed by atoms with Crippen LogP contribution in [0.25, 0.3) is 0 Å². The zero-order valence-electron chi connectivity index (χ0n) is 8.08. The Kier molecular flexibility index (Phi) is 3.28. The Morgan fingerprint density at radius 2 is 1.85 bits per heavy atom. The van der Waals surface area contributed by atoms with E-state index in [0.717, 1.165) is 30.7 Å². The van der Waals surface area contributed by atoms with E-state index in [1.165, 1.54) is 14.0 Å². The van der Waals surface area contributed by atoms with E-state index in [9.17, 15) is 9.59 Å². The molecule has 4 heteroatoms. The second-order valence-electron chi connectivity index (χ2n) is 3.41. The first-order valence-corrected chi connectivity index (χ1v) is 4.57. The normalized spacial score (nSPS) is 17.1. The van der Waals surface area contributed by atoms with E-state index in [0.29, 0.717) is 0 Å². The highest BCUT2D eigenvalue weighted by Crippen LogP contribution is 2.25. The molecule has 0 N–H and O–H groups in total. The van der Waals surface area contributed by atoms with Crippen molar-refractivity contribution in [3.8, 4) is 0 Å². The number of hydrogen-bond acceptors (Lipinski definition) is 3. The molecule has 0 aromatic rings. The Labute approximate surface area is 77.8 Å². The van der Waals surface area contributed by atoms with Crippen molar-refractivity contribution in [2.24, 2.45) is 5.92 Å². The van der Waals surface area contributed by atoms with Gasteiger partial charge in [0.25, 0.3) is 5.91 Å². The van der Waals surface area contributed by atoms with Gasteiger partial charge in [-0.25, -0.2) is 4.79 Å². The molecule has 1 aliphatic carbocycles. The minimum absolute atomic E-state index is 0.00167. The largest absolute Gasteiger partial charge is 0.338 e. The second kappa shape index (κ2) is 4.25. The van der Waals surface area contributed by atoms with E-state index >= 15 is 0 Å². The van der Waals surface area contributed by atoms with Crippen LogP contribution in [0.4, 0.5) is 0 Å². The van der Waals surface area contributed by atoms with Crippen molar-refractivity contribution < 1.29 is 14.4 Å². The lowest BCUT2D eigenvalue weighted by Crippen LogP contribution is -2.30. The molecule has 0 bridgehead atoms. The molecule has 0 aromatic carbocycles. The second-order valence-corrected chi connectivity index (χ2v) is 3.41. The van der Waals surface area contributed by atoms with Crippen LogP contribution in [-0.2, 0) is 14.4 Å². The third-order valence-electron chi connectivity index (χ3n) is 2.36. The molecule has 1 aliphatic rings. The molecule has 0 radical (unpaired) electrons. The van der Waals surface area contributed by atoms with Gasteiger partial charge in [-0.2, -0.15) is 5.06 Å². The van der Waals surface area contributed by atoms with E-state index in [1.807, 2.05) is 0 Å². The number of rotatable bonds is 1. The smallest absolute Gasteiger partial charge is 0.335 e. The monoisotopic (exact) mass is 185 g/mol. The van der Waals surface area contributed by atoms with E-state index in [-0.39, 0.29) is 17.8 Å². The highest BCUT2D eigenvalue weighted by molar-refractivity contribution is 5.77. The summed E-state index contributed by atoms with van der Waals surface area (Å²) in [7, 11) is 1.45. The molecule has 1 saturated carbocycles. The minimum atomic E-state index is -0.268. The Balaban J connectivity index is 2.35. The molecule has 0 atom stereocenters. The summed E-state index contributed by atoms with van der Waals surface area (Å²) in [5.41, 5.74) is 0. The van der Waals surface area contributed by atoms with E-state index in [4.69, 9.17) is 4.84 Å². The van der Waals surface area contributed by atoms with Crippen molar-refractivity contribution in [3.63, 3.8) is 0 Å². The molecule has 1 amide bonds. The van der Waals surface area contributed by atoms with Gasteiger partial charge in [-0.3, -0.25) is 4.79 Å². The van der Waals surface area contributed by atoms with Crippen molar-refractivity contribution in [2.45, 2.75) is 32.6 Å². The lowest BCUT2D eigenvalue weighted by atomic mass is 10.1. The fourth-order valence-corrected chi connectivity index (χ4v) is 1.44. The van der Waals surface area contributed by atoms with Gasteiger partial charge in [0.05, 0.1) is 5.92 Å². The molecule has 1 rings (SSSR count). The van der Waals surface area contributed by atoms with Gasteiger partial charge in [0.1, 0.15) is 0 Å². The molecule has 0 aromatic heterocycles. The van der Waals surface area contributed by atoms with Gasteiger partial charge in [0, 0.05) is 14.0 Å². The molecular weight excluding hydrogens is 170 g/mol. The Morgan fingerprint density at radius 3 is 2.31 bits per heavy atom. The summed E-state index contributed by atoms with van der Waals surface area (Å²) in [6.45, 7) is 1.36. The molecule has 1 fully saturated rings. The zero-order chi connectivity index (χ0) is 9.84. The Bertz CT molecular complexity index is 209. The van der Waals surface area contributed by atoms with Gasteiger partial charge in [-0.1, -0.05) is 12.8 Å². The fourth-order valence-electron chi connectivity index (χ4n) is 1.44. The zero-order valence-corrected chi connectivity index (χ0v) is 8.08. The molecule has 0 aliphatic heterocycles. The highest BCUT2D eigenvalue weighted by Gasteiger charge is 2.25. The summed E-state index contributed by atoms with van der Waals surface area (Å²) in [5, 5.41) is 0.987. The number of carbonyl (C=O) groups is 2. The predicted molar refractivity (Wildman–Crippen MR) is 46.5 cm³/mol. The molecule has 13 heavy (non-hydrogen) atoms. The number of amides is 1. The van der Waals surface area contributed by atoms with Crippen LogP contribution in [0.15, 0.2) is 0 Å². The maximum Gasteiger partial charge on any atom is 0.335 e. The lowest BCUT2D eigenvalue weighted by Gasteiger charge is -2.16. The van der Waals surface area contributed by atoms with Gasteiger partial charge < -0.3 is 4.84 Å². The first-order valence-electron chi connectivity index (χ1n) is 4.57.